The third-order valence-corrected chi connectivity index (χ3v) is 5.22. The van der Waals surface area contributed by atoms with Gasteiger partial charge in [0.05, 0.1) is 12.3 Å². The Labute approximate surface area is 135 Å². The molecule has 1 aromatic carbocycles. The molecule has 0 bridgehead atoms. The first-order valence-corrected chi connectivity index (χ1v) is 8.84. The van der Waals surface area contributed by atoms with Crippen LogP contribution in [0.25, 0.3) is 0 Å². The van der Waals surface area contributed by atoms with Crippen LogP contribution in [0.15, 0.2) is 18.2 Å². The maximum absolute atomic E-state index is 14.2. The van der Waals surface area contributed by atoms with E-state index >= 15 is 0 Å². The number of hydrogen-bond acceptors (Lipinski definition) is 4. The molecule has 0 aromatic heterocycles. The van der Waals surface area contributed by atoms with Crippen LogP contribution in [0.5, 0.6) is 0 Å². The van der Waals surface area contributed by atoms with Gasteiger partial charge in [0.2, 0.25) is 0 Å². The van der Waals surface area contributed by atoms with Crippen molar-refractivity contribution >= 4 is 23.4 Å². The highest BCUT2D eigenvalue weighted by molar-refractivity contribution is 7.99. The van der Waals surface area contributed by atoms with Crippen LogP contribution in [0.1, 0.15) is 30.1 Å². The summed E-state index contributed by atoms with van der Waals surface area (Å²) in [5, 5.41) is 12.0. The zero-order valence-corrected chi connectivity index (χ0v) is 13.8. The van der Waals surface area contributed by atoms with Crippen molar-refractivity contribution < 1.29 is 14.3 Å². The molecule has 0 aliphatic carbocycles. The van der Waals surface area contributed by atoms with E-state index in [0.29, 0.717) is 11.3 Å². The lowest BCUT2D eigenvalue weighted by Crippen LogP contribution is -2.41. The summed E-state index contributed by atoms with van der Waals surface area (Å²) in [5.74, 6) is -0.669. The number of carbonyl (C=O) groups is 1. The van der Waals surface area contributed by atoms with Crippen LogP contribution in [0, 0.1) is 5.82 Å². The number of rotatable bonds is 6. The zero-order valence-electron chi connectivity index (χ0n) is 13.0. The van der Waals surface area contributed by atoms with Crippen molar-refractivity contribution in [1.82, 2.24) is 5.32 Å². The summed E-state index contributed by atoms with van der Waals surface area (Å²) in [5.41, 5.74) is 0.879. The summed E-state index contributed by atoms with van der Waals surface area (Å²) in [7, 11) is 0. The van der Waals surface area contributed by atoms with Crippen molar-refractivity contribution in [2.75, 3.05) is 30.9 Å². The van der Waals surface area contributed by atoms with E-state index in [2.05, 4.69) is 5.32 Å². The van der Waals surface area contributed by atoms with Gasteiger partial charge in [0.15, 0.2) is 0 Å². The molecule has 6 heteroatoms. The van der Waals surface area contributed by atoms with Gasteiger partial charge in [0.1, 0.15) is 5.82 Å². The number of benzene rings is 1. The summed E-state index contributed by atoms with van der Waals surface area (Å²) in [6.07, 6.45) is 4.04. The monoisotopic (exact) mass is 326 g/mol. The molecule has 1 saturated heterocycles. The number of nitrogens with zero attached hydrogens (tertiary/aromatic N) is 1. The number of carbonyl (C=O) groups excluding carboxylic acids is 1. The molecule has 2 N–H and O–H groups in total. The number of aliphatic hydroxyl groups is 1. The molecule has 1 amide bonds. The van der Waals surface area contributed by atoms with Crippen LogP contribution in [0.4, 0.5) is 10.1 Å². The molecule has 2 atom stereocenters. The van der Waals surface area contributed by atoms with Gasteiger partial charge in [0.25, 0.3) is 5.91 Å². The first-order chi connectivity index (χ1) is 10.6. The molecule has 2 rings (SSSR count). The van der Waals surface area contributed by atoms with E-state index in [9.17, 15) is 14.3 Å². The maximum atomic E-state index is 14.2. The Bertz CT molecular complexity index is 517. The minimum atomic E-state index is -0.356. The Morgan fingerprint density at radius 3 is 2.68 bits per heavy atom. The highest BCUT2D eigenvalue weighted by Crippen LogP contribution is 2.24. The topological polar surface area (TPSA) is 52.6 Å². The van der Waals surface area contributed by atoms with Crippen LogP contribution in [0.2, 0.25) is 0 Å². The number of hydrogen-bond donors (Lipinski definition) is 2. The summed E-state index contributed by atoms with van der Waals surface area (Å²) >= 11 is 1.49. The minimum Gasteiger partial charge on any atom is -0.395 e. The van der Waals surface area contributed by atoms with Gasteiger partial charge >= 0.3 is 0 Å². The molecule has 122 valence electrons. The number of thioether (sulfide) groups is 1. The third-order valence-electron chi connectivity index (χ3n) is 4.06. The van der Waals surface area contributed by atoms with Crippen molar-refractivity contribution in [2.24, 2.45) is 0 Å². The lowest BCUT2D eigenvalue weighted by Gasteiger charge is -2.22. The summed E-state index contributed by atoms with van der Waals surface area (Å²) < 4.78 is 14.2. The first kappa shape index (κ1) is 17.1. The van der Waals surface area contributed by atoms with Crippen molar-refractivity contribution in [3.8, 4) is 0 Å². The van der Waals surface area contributed by atoms with Crippen LogP contribution >= 0.6 is 11.8 Å². The van der Waals surface area contributed by atoms with Gasteiger partial charge in [-0.05, 0) is 44.2 Å². The zero-order chi connectivity index (χ0) is 16.1. The van der Waals surface area contributed by atoms with E-state index in [-0.39, 0.29) is 29.6 Å². The number of nitrogens with one attached hydrogen (secondary N) is 1. The number of amides is 1. The fourth-order valence-corrected chi connectivity index (χ4v) is 3.31. The minimum absolute atomic E-state index is 0.00906. The first-order valence-electron chi connectivity index (χ1n) is 7.55. The van der Waals surface area contributed by atoms with Crippen molar-refractivity contribution in [1.29, 1.82) is 0 Å². The Kier molecular flexibility index (Phi) is 6.08. The van der Waals surface area contributed by atoms with Crippen molar-refractivity contribution in [3.05, 3.63) is 29.6 Å². The average Bonchev–Trinajstić information content (AvgIpc) is 3.02. The van der Waals surface area contributed by atoms with Gasteiger partial charge in [-0.3, -0.25) is 4.79 Å². The Balaban J connectivity index is 2.05. The highest BCUT2D eigenvalue weighted by Gasteiger charge is 2.20. The van der Waals surface area contributed by atoms with Crippen molar-refractivity contribution in [3.63, 3.8) is 0 Å². The molecule has 1 heterocycles. The average molecular weight is 326 g/mol. The standard InChI is InChI=1S/C16H23FN2O2S/c1-11(15(10-20)22-2)18-16(21)12-5-6-14(13(17)9-12)19-7-3-4-8-19/h5-6,9,11,15,20H,3-4,7-8,10H2,1-2H3,(H,18,21). The second kappa shape index (κ2) is 7.83. The molecule has 4 nitrogen and oxygen atoms in total. The van der Waals surface area contributed by atoms with E-state index in [0.717, 1.165) is 25.9 Å². The fourth-order valence-electron chi connectivity index (χ4n) is 2.68. The normalized spacial score (nSPS) is 17.4. The molecule has 2 unspecified atom stereocenters. The Morgan fingerprint density at radius 1 is 1.45 bits per heavy atom. The molecular weight excluding hydrogens is 303 g/mol. The van der Waals surface area contributed by atoms with E-state index in [1.54, 1.807) is 12.1 Å². The molecule has 22 heavy (non-hydrogen) atoms. The van der Waals surface area contributed by atoms with Gasteiger partial charge < -0.3 is 15.3 Å². The van der Waals surface area contributed by atoms with Gasteiger partial charge in [-0.15, -0.1) is 0 Å². The lowest BCUT2D eigenvalue weighted by molar-refractivity contribution is 0.0935. The summed E-state index contributed by atoms with van der Waals surface area (Å²) in [6, 6.07) is 4.45. The van der Waals surface area contributed by atoms with Gasteiger partial charge in [-0.1, -0.05) is 0 Å². The highest BCUT2D eigenvalue weighted by atomic mass is 32.2. The fraction of sp³-hybridized carbons (Fsp3) is 0.562. The van der Waals surface area contributed by atoms with E-state index in [4.69, 9.17) is 0 Å². The predicted molar refractivity (Wildman–Crippen MR) is 89.2 cm³/mol. The van der Waals surface area contributed by atoms with E-state index in [1.165, 1.54) is 17.8 Å². The molecular formula is C16H23FN2O2S. The van der Waals surface area contributed by atoms with Crippen LogP contribution in [-0.2, 0) is 0 Å². The second-order valence-electron chi connectivity index (χ2n) is 5.58. The summed E-state index contributed by atoms with van der Waals surface area (Å²) in [4.78, 5) is 14.2. The molecule has 0 radical (unpaired) electrons. The van der Waals surface area contributed by atoms with Gasteiger partial charge in [-0.2, -0.15) is 11.8 Å². The van der Waals surface area contributed by atoms with Crippen LogP contribution < -0.4 is 10.2 Å². The molecule has 1 aliphatic heterocycles. The van der Waals surface area contributed by atoms with E-state index in [1.807, 2.05) is 18.1 Å². The SMILES string of the molecule is CSC(CO)C(C)NC(=O)c1ccc(N2CCCC2)c(F)c1. The summed E-state index contributed by atoms with van der Waals surface area (Å²) in [6.45, 7) is 3.56. The van der Waals surface area contributed by atoms with Gasteiger partial charge in [-0.25, -0.2) is 4.39 Å². The molecule has 0 saturated carbocycles. The van der Waals surface area contributed by atoms with E-state index < -0.39 is 0 Å². The largest absolute Gasteiger partial charge is 0.395 e. The van der Waals surface area contributed by atoms with Crippen LogP contribution in [0.3, 0.4) is 0 Å². The Hall–Kier alpha value is -1.27. The molecule has 0 spiro atoms. The molecule has 1 fully saturated rings. The lowest BCUT2D eigenvalue weighted by atomic mass is 10.1. The number of halogens is 1. The second-order valence-corrected chi connectivity index (χ2v) is 6.66. The van der Waals surface area contributed by atoms with Crippen molar-refractivity contribution in [2.45, 2.75) is 31.1 Å². The number of aliphatic hydroxyl groups excluding tert-OH is 1. The molecule has 1 aliphatic rings. The predicted octanol–water partition coefficient (Wildman–Crippen LogP) is 2.27. The van der Waals surface area contributed by atoms with Crippen LogP contribution in [-0.4, -0.2) is 48.3 Å². The molecule has 1 aromatic rings. The smallest absolute Gasteiger partial charge is 0.251 e. The Morgan fingerprint density at radius 2 is 2.14 bits per heavy atom. The number of anilines is 1. The van der Waals surface area contributed by atoms with Gasteiger partial charge in [0, 0.05) is 29.9 Å². The third kappa shape index (κ3) is 3.93. The quantitative estimate of drug-likeness (QED) is 0.842. The maximum Gasteiger partial charge on any atom is 0.251 e.